The highest BCUT2D eigenvalue weighted by Crippen LogP contribution is 2.48. The number of amides is 1. The minimum Gasteiger partial charge on any atom is -0.480 e. The number of unbranched alkanes of at least 4 members (excludes halogenated alkanes) is 3. The van der Waals surface area contributed by atoms with E-state index in [1.807, 2.05) is 6.07 Å². The third-order valence-electron chi connectivity index (χ3n) is 5.35. The van der Waals surface area contributed by atoms with Crippen molar-refractivity contribution in [2.75, 3.05) is 18.0 Å². The summed E-state index contributed by atoms with van der Waals surface area (Å²) in [5.41, 5.74) is 3.32. The molecule has 2 aliphatic heterocycles. The fraction of sp³-hybridized carbons (Fsp3) is 0.292. The molecule has 2 aromatic carbocycles. The number of carbonyl (C=O) groups excluding carboxylic acids is 1. The maximum atomic E-state index is 12.6. The maximum Gasteiger partial charge on any atom is 0.323 e. The summed E-state index contributed by atoms with van der Waals surface area (Å²) in [6.45, 7) is 2.78. The molecule has 0 aromatic heterocycles. The van der Waals surface area contributed by atoms with Crippen LogP contribution >= 0.6 is 35.7 Å². The van der Waals surface area contributed by atoms with Crippen LogP contribution in [0.2, 0.25) is 0 Å². The van der Waals surface area contributed by atoms with E-state index in [1.165, 1.54) is 35.5 Å². The van der Waals surface area contributed by atoms with Crippen molar-refractivity contribution in [2.24, 2.45) is 0 Å². The number of hydrogen-bond donors (Lipinski definition) is 1. The van der Waals surface area contributed by atoms with Gasteiger partial charge in [-0.25, -0.2) is 0 Å². The lowest BCUT2D eigenvalue weighted by Gasteiger charge is -2.33. The van der Waals surface area contributed by atoms with Gasteiger partial charge in [0.2, 0.25) is 0 Å². The van der Waals surface area contributed by atoms with Crippen molar-refractivity contribution in [3.8, 4) is 0 Å². The molecule has 0 spiro atoms. The molecule has 4 rings (SSSR count). The molecule has 2 heterocycles. The number of benzene rings is 2. The van der Waals surface area contributed by atoms with E-state index in [0.717, 1.165) is 40.1 Å². The Morgan fingerprint density at radius 1 is 1.03 bits per heavy atom. The summed E-state index contributed by atoms with van der Waals surface area (Å²) >= 11 is 8.08. The Balaban J connectivity index is 1.60. The molecule has 0 saturated carbocycles. The van der Waals surface area contributed by atoms with Gasteiger partial charge in [-0.1, -0.05) is 80.1 Å². The van der Waals surface area contributed by atoms with Gasteiger partial charge in [0, 0.05) is 16.3 Å². The van der Waals surface area contributed by atoms with Crippen molar-refractivity contribution in [1.29, 1.82) is 0 Å². The lowest BCUT2D eigenvalue weighted by molar-refractivity contribution is -0.140. The quantitative estimate of drug-likeness (QED) is 0.274. The topological polar surface area (TPSA) is 60.9 Å². The molecule has 2 aromatic rings. The monoisotopic (exact) mass is 484 g/mol. The van der Waals surface area contributed by atoms with Crippen LogP contribution in [0.25, 0.3) is 6.08 Å². The number of carboxylic acid groups (broad SMARTS) is 1. The Morgan fingerprint density at radius 3 is 2.59 bits per heavy atom. The molecule has 1 N–H and O–H groups in total. The van der Waals surface area contributed by atoms with E-state index >= 15 is 0 Å². The molecular weight excluding hydrogens is 460 g/mol. The second-order valence-electron chi connectivity index (χ2n) is 7.67. The first-order valence-corrected chi connectivity index (χ1v) is 12.7. The van der Waals surface area contributed by atoms with Crippen LogP contribution in [0, 0.1) is 0 Å². The van der Waals surface area contributed by atoms with Crippen LogP contribution in [0.3, 0.4) is 0 Å². The zero-order valence-electron chi connectivity index (χ0n) is 17.7. The van der Waals surface area contributed by atoms with Gasteiger partial charge in [0.1, 0.15) is 10.9 Å². The molecule has 2 aliphatic rings. The normalized spacial score (nSPS) is 16.5. The number of thioether (sulfide) groups is 1. The molecule has 166 valence electrons. The third-order valence-corrected chi connectivity index (χ3v) is 7.84. The molecule has 5 nitrogen and oxygen atoms in total. The summed E-state index contributed by atoms with van der Waals surface area (Å²) < 4.78 is 0.281. The summed E-state index contributed by atoms with van der Waals surface area (Å²) in [6.07, 6.45) is 6.61. The minimum atomic E-state index is -1.08. The smallest absolute Gasteiger partial charge is 0.323 e. The molecule has 0 bridgehead atoms. The summed E-state index contributed by atoms with van der Waals surface area (Å²) in [4.78, 5) is 30.0. The van der Waals surface area contributed by atoms with E-state index in [0.29, 0.717) is 4.91 Å². The zero-order chi connectivity index (χ0) is 22.7. The largest absolute Gasteiger partial charge is 0.480 e. The van der Waals surface area contributed by atoms with E-state index < -0.39 is 12.5 Å². The van der Waals surface area contributed by atoms with E-state index in [4.69, 9.17) is 17.3 Å². The predicted octanol–water partition coefficient (Wildman–Crippen LogP) is 6.16. The molecule has 32 heavy (non-hydrogen) atoms. The summed E-state index contributed by atoms with van der Waals surface area (Å²) in [6, 6.07) is 14.7. The fourth-order valence-corrected chi connectivity index (χ4v) is 6.20. The van der Waals surface area contributed by atoms with Crippen LogP contribution in [-0.4, -0.2) is 39.3 Å². The van der Waals surface area contributed by atoms with Crippen molar-refractivity contribution in [1.82, 2.24) is 4.90 Å². The van der Waals surface area contributed by atoms with Crippen LogP contribution < -0.4 is 4.90 Å². The average Bonchev–Trinajstić information content (AvgIpc) is 3.02. The molecular formula is C24H24N2O3S3. The van der Waals surface area contributed by atoms with Crippen molar-refractivity contribution in [2.45, 2.75) is 42.4 Å². The van der Waals surface area contributed by atoms with E-state index in [1.54, 1.807) is 17.8 Å². The van der Waals surface area contributed by atoms with Crippen LogP contribution in [-0.2, 0) is 9.59 Å². The summed E-state index contributed by atoms with van der Waals surface area (Å²) in [5, 5.41) is 9.02. The van der Waals surface area contributed by atoms with E-state index in [-0.39, 0.29) is 10.2 Å². The lowest BCUT2D eigenvalue weighted by atomic mass is 10.1. The van der Waals surface area contributed by atoms with Crippen molar-refractivity contribution in [3.05, 3.63) is 52.9 Å². The van der Waals surface area contributed by atoms with Crippen molar-refractivity contribution < 1.29 is 14.7 Å². The summed E-state index contributed by atoms with van der Waals surface area (Å²) in [7, 11) is 0. The zero-order valence-corrected chi connectivity index (χ0v) is 20.2. The van der Waals surface area contributed by atoms with E-state index in [9.17, 15) is 9.59 Å². The van der Waals surface area contributed by atoms with Gasteiger partial charge >= 0.3 is 5.97 Å². The number of hydrogen-bond acceptors (Lipinski definition) is 6. The molecule has 0 aliphatic carbocycles. The Morgan fingerprint density at radius 2 is 1.81 bits per heavy atom. The highest BCUT2D eigenvalue weighted by molar-refractivity contribution is 8.26. The number of aliphatic carboxylic acids is 1. The van der Waals surface area contributed by atoms with Gasteiger partial charge < -0.3 is 10.0 Å². The maximum absolute atomic E-state index is 12.6. The Kier molecular flexibility index (Phi) is 7.23. The first-order chi connectivity index (χ1) is 15.5. The van der Waals surface area contributed by atoms with Gasteiger partial charge in [-0.2, -0.15) is 0 Å². The van der Waals surface area contributed by atoms with Crippen LogP contribution in [0.5, 0.6) is 0 Å². The van der Waals surface area contributed by atoms with Crippen LogP contribution in [0.4, 0.5) is 11.4 Å². The van der Waals surface area contributed by atoms with Crippen LogP contribution in [0.1, 0.15) is 38.2 Å². The standard InChI is InChI=1S/C24H24N2O3S3/c1-2-3-4-7-12-25-17-8-5-6-9-19(17)31-20-13-16(10-11-18(20)25)14-21-23(29)26(15-22(27)28)24(30)32-21/h5-6,8-11,13-14H,2-4,7,12,15H2,1H3,(H,27,28)/b21-14-. The SMILES string of the molecule is CCCCCCN1c2ccccc2Sc2cc(/C=C3\SC(=S)N(CC(=O)O)C3=O)ccc21. The number of thiocarbonyl (C=S) groups is 1. The second-order valence-corrected chi connectivity index (χ2v) is 10.4. The predicted molar refractivity (Wildman–Crippen MR) is 136 cm³/mol. The number of rotatable bonds is 8. The number of anilines is 2. The minimum absolute atomic E-state index is 0.281. The second kappa shape index (κ2) is 10.1. The summed E-state index contributed by atoms with van der Waals surface area (Å²) in [5.74, 6) is -1.43. The Hall–Kier alpha value is -2.29. The molecule has 1 saturated heterocycles. The van der Waals surface area contributed by atoms with Gasteiger partial charge in [-0.05, 0) is 42.3 Å². The average molecular weight is 485 g/mol. The highest BCUT2D eigenvalue weighted by Gasteiger charge is 2.33. The molecule has 0 radical (unpaired) electrons. The number of fused-ring (bicyclic) bond motifs is 2. The molecule has 0 unspecified atom stereocenters. The fourth-order valence-electron chi connectivity index (χ4n) is 3.80. The molecule has 0 atom stereocenters. The van der Waals surface area contributed by atoms with Gasteiger partial charge in [0.15, 0.2) is 0 Å². The Labute approximate surface area is 201 Å². The molecule has 1 amide bonds. The van der Waals surface area contributed by atoms with Gasteiger partial charge in [0.25, 0.3) is 5.91 Å². The lowest BCUT2D eigenvalue weighted by Crippen LogP contribution is -2.33. The van der Waals surface area contributed by atoms with Crippen molar-refractivity contribution >= 4 is 69.4 Å². The van der Waals surface area contributed by atoms with Gasteiger partial charge in [-0.15, -0.1) is 0 Å². The van der Waals surface area contributed by atoms with Gasteiger partial charge in [0.05, 0.1) is 16.3 Å². The first-order valence-electron chi connectivity index (χ1n) is 10.6. The first kappa shape index (κ1) is 22.9. The molecule has 8 heteroatoms. The number of para-hydroxylation sites is 1. The highest BCUT2D eigenvalue weighted by atomic mass is 32.2. The third kappa shape index (κ3) is 4.87. The molecule has 1 fully saturated rings. The number of carboxylic acids is 1. The Bertz CT molecular complexity index is 1100. The van der Waals surface area contributed by atoms with Crippen LogP contribution in [0.15, 0.2) is 57.2 Å². The van der Waals surface area contributed by atoms with Gasteiger partial charge in [-0.3, -0.25) is 14.5 Å². The van der Waals surface area contributed by atoms with E-state index in [2.05, 4.69) is 48.2 Å². The number of nitrogens with zero attached hydrogens (tertiary/aromatic N) is 2. The number of carbonyl (C=O) groups is 2. The van der Waals surface area contributed by atoms with Crippen molar-refractivity contribution in [3.63, 3.8) is 0 Å².